The number of phenols is 1. The first-order chi connectivity index (χ1) is 9.65. The van der Waals surface area contributed by atoms with E-state index in [1.165, 1.54) is 0 Å². The number of benzene rings is 2. The number of rotatable bonds is 5. The van der Waals surface area contributed by atoms with Gasteiger partial charge in [0.1, 0.15) is 5.75 Å². The van der Waals surface area contributed by atoms with Crippen LogP contribution in [0.5, 0.6) is 5.75 Å². The van der Waals surface area contributed by atoms with Gasteiger partial charge in [-0.25, -0.2) is 0 Å². The average Bonchev–Trinajstić information content (AvgIpc) is 2.41. The lowest BCUT2D eigenvalue weighted by Gasteiger charge is -2.08. The molecule has 0 aliphatic carbocycles. The lowest BCUT2D eigenvalue weighted by molar-refractivity contribution is -0.115. The van der Waals surface area contributed by atoms with Crippen molar-refractivity contribution in [3.63, 3.8) is 0 Å². The van der Waals surface area contributed by atoms with Gasteiger partial charge in [-0.1, -0.05) is 35.9 Å². The lowest BCUT2D eigenvalue weighted by atomic mass is 10.2. The number of amides is 1. The molecule has 0 spiro atoms. The molecule has 0 atom stereocenters. The zero-order valence-corrected chi connectivity index (χ0v) is 11.5. The molecule has 4 nitrogen and oxygen atoms in total. The van der Waals surface area contributed by atoms with Crippen LogP contribution in [-0.2, 0) is 11.3 Å². The Bertz CT molecular complexity index is 602. The second-order valence-electron chi connectivity index (χ2n) is 4.29. The highest BCUT2D eigenvalue weighted by atomic mass is 35.5. The summed E-state index contributed by atoms with van der Waals surface area (Å²) in [6.45, 7) is 0.580. The van der Waals surface area contributed by atoms with Crippen LogP contribution in [0, 0.1) is 0 Å². The molecule has 0 saturated heterocycles. The molecule has 0 aliphatic rings. The molecule has 0 fully saturated rings. The molecule has 1 amide bonds. The van der Waals surface area contributed by atoms with E-state index >= 15 is 0 Å². The van der Waals surface area contributed by atoms with E-state index < -0.39 is 0 Å². The molecular weight excluding hydrogens is 276 g/mol. The van der Waals surface area contributed by atoms with Gasteiger partial charge in [-0.2, -0.15) is 0 Å². The molecule has 0 heterocycles. The van der Waals surface area contributed by atoms with Crippen LogP contribution in [0.1, 0.15) is 5.56 Å². The summed E-state index contributed by atoms with van der Waals surface area (Å²) in [7, 11) is 0. The molecule has 0 aromatic heterocycles. The number of halogens is 1. The highest BCUT2D eigenvalue weighted by Crippen LogP contribution is 2.15. The van der Waals surface area contributed by atoms with Gasteiger partial charge in [-0.05, 0) is 24.3 Å². The summed E-state index contributed by atoms with van der Waals surface area (Å²) in [6.07, 6.45) is 0. The third-order valence-electron chi connectivity index (χ3n) is 2.70. The van der Waals surface area contributed by atoms with E-state index in [4.69, 9.17) is 11.6 Å². The molecule has 0 bridgehead atoms. The Labute approximate surface area is 122 Å². The summed E-state index contributed by atoms with van der Waals surface area (Å²) in [5, 5.41) is 15.9. The first-order valence-corrected chi connectivity index (χ1v) is 6.56. The van der Waals surface area contributed by atoms with E-state index in [2.05, 4.69) is 10.6 Å². The molecule has 2 aromatic carbocycles. The van der Waals surface area contributed by atoms with Gasteiger partial charge in [0.05, 0.1) is 6.54 Å². The maximum Gasteiger partial charge on any atom is 0.238 e. The smallest absolute Gasteiger partial charge is 0.238 e. The number of aromatic hydroxyl groups is 1. The van der Waals surface area contributed by atoms with Crippen molar-refractivity contribution >= 4 is 23.2 Å². The zero-order chi connectivity index (χ0) is 14.4. The van der Waals surface area contributed by atoms with Crippen LogP contribution in [0.4, 0.5) is 5.69 Å². The van der Waals surface area contributed by atoms with Gasteiger partial charge in [-0.15, -0.1) is 0 Å². The zero-order valence-electron chi connectivity index (χ0n) is 10.8. The van der Waals surface area contributed by atoms with Crippen LogP contribution in [0.15, 0.2) is 48.5 Å². The van der Waals surface area contributed by atoms with E-state index in [0.29, 0.717) is 17.3 Å². The van der Waals surface area contributed by atoms with Crippen molar-refractivity contribution in [3.8, 4) is 5.75 Å². The minimum Gasteiger partial charge on any atom is -0.508 e. The number of hydrogen-bond donors (Lipinski definition) is 3. The molecule has 3 N–H and O–H groups in total. The maximum atomic E-state index is 11.7. The summed E-state index contributed by atoms with van der Waals surface area (Å²) in [6, 6.07) is 14.0. The molecule has 2 aromatic rings. The summed E-state index contributed by atoms with van der Waals surface area (Å²) < 4.78 is 0. The third-order valence-corrected chi connectivity index (χ3v) is 2.94. The van der Waals surface area contributed by atoms with Crippen molar-refractivity contribution in [3.05, 3.63) is 59.1 Å². The Kier molecular flexibility index (Phi) is 4.98. The Morgan fingerprint density at radius 2 is 1.95 bits per heavy atom. The predicted molar refractivity (Wildman–Crippen MR) is 79.9 cm³/mol. The van der Waals surface area contributed by atoms with Gasteiger partial charge in [0, 0.05) is 22.8 Å². The number of para-hydroxylation sites is 1. The number of hydrogen-bond acceptors (Lipinski definition) is 3. The summed E-state index contributed by atoms with van der Waals surface area (Å²) in [4.78, 5) is 11.7. The van der Waals surface area contributed by atoms with Crippen LogP contribution in [0.2, 0.25) is 5.02 Å². The van der Waals surface area contributed by atoms with Crippen molar-refractivity contribution in [1.29, 1.82) is 0 Å². The van der Waals surface area contributed by atoms with E-state index in [-0.39, 0.29) is 18.2 Å². The van der Waals surface area contributed by atoms with Crippen LogP contribution in [0.25, 0.3) is 0 Å². The molecule has 2 rings (SSSR count). The Hall–Kier alpha value is -2.04. The summed E-state index contributed by atoms with van der Waals surface area (Å²) >= 11 is 5.84. The molecule has 0 saturated carbocycles. The maximum absolute atomic E-state index is 11.7. The fraction of sp³-hybridized carbons (Fsp3) is 0.133. The highest BCUT2D eigenvalue weighted by molar-refractivity contribution is 6.30. The Morgan fingerprint density at radius 3 is 2.70 bits per heavy atom. The summed E-state index contributed by atoms with van der Waals surface area (Å²) in [5.74, 6) is 0.0536. The van der Waals surface area contributed by atoms with Crippen molar-refractivity contribution in [2.24, 2.45) is 0 Å². The van der Waals surface area contributed by atoms with Gasteiger partial charge in [-0.3, -0.25) is 4.79 Å². The SMILES string of the molecule is O=C(CNCc1ccccc1O)Nc1cccc(Cl)c1. The molecule has 5 heteroatoms. The first-order valence-electron chi connectivity index (χ1n) is 6.18. The van der Waals surface area contributed by atoms with Crippen LogP contribution >= 0.6 is 11.6 Å². The van der Waals surface area contributed by atoms with Crippen LogP contribution in [-0.4, -0.2) is 17.6 Å². The Morgan fingerprint density at radius 1 is 1.15 bits per heavy atom. The number of phenolic OH excluding ortho intramolecular Hbond substituents is 1. The van der Waals surface area contributed by atoms with Gasteiger partial charge < -0.3 is 15.7 Å². The van der Waals surface area contributed by atoms with Gasteiger partial charge >= 0.3 is 0 Å². The lowest BCUT2D eigenvalue weighted by Crippen LogP contribution is -2.27. The highest BCUT2D eigenvalue weighted by Gasteiger charge is 2.04. The Balaban J connectivity index is 1.80. The molecule has 20 heavy (non-hydrogen) atoms. The monoisotopic (exact) mass is 290 g/mol. The van der Waals surface area contributed by atoms with Crippen molar-refractivity contribution in [1.82, 2.24) is 5.32 Å². The average molecular weight is 291 g/mol. The first kappa shape index (κ1) is 14.4. The van der Waals surface area contributed by atoms with E-state index in [1.807, 2.05) is 6.07 Å². The number of anilines is 1. The predicted octanol–water partition coefficient (Wildman–Crippen LogP) is 2.77. The third kappa shape index (κ3) is 4.26. The molecular formula is C15H15ClN2O2. The second-order valence-corrected chi connectivity index (χ2v) is 4.73. The van der Waals surface area contributed by atoms with Crippen molar-refractivity contribution in [2.45, 2.75) is 6.54 Å². The quantitative estimate of drug-likeness (QED) is 0.793. The number of nitrogens with one attached hydrogen (secondary N) is 2. The van der Waals surface area contributed by atoms with Crippen molar-refractivity contribution in [2.75, 3.05) is 11.9 Å². The van der Waals surface area contributed by atoms with Gasteiger partial charge in [0.15, 0.2) is 0 Å². The van der Waals surface area contributed by atoms with E-state index in [0.717, 1.165) is 5.56 Å². The molecule has 104 valence electrons. The van der Waals surface area contributed by atoms with Crippen LogP contribution < -0.4 is 10.6 Å². The van der Waals surface area contributed by atoms with Crippen LogP contribution in [0.3, 0.4) is 0 Å². The fourth-order valence-corrected chi connectivity index (χ4v) is 1.93. The standard InChI is InChI=1S/C15H15ClN2O2/c16-12-5-3-6-13(8-12)18-15(20)10-17-9-11-4-1-2-7-14(11)19/h1-8,17,19H,9-10H2,(H,18,20). The van der Waals surface area contributed by atoms with E-state index in [9.17, 15) is 9.90 Å². The minimum absolute atomic E-state index is 0.154. The van der Waals surface area contributed by atoms with Gasteiger partial charge in [0.2, 0.25) is 5.91 Å². The van der Waals surface area contributed by atoms with Gasteiger partial charge in [0.25, 0.3) is 0 Å². The summed E-state index contributed by atoms with van der Waals surface area (Å²) in [5.41, 5.74) is 1.41. The van der Waals surface area contributed by atoms with Crippen molar-refractivity contribution < 1.29 is 9.90 Å². The normalized spacial score (nSPS) is 10.2. The second kappa shape index (κ2) is 6.93. The molecule has 0 unspecified atom stereocenters. The van der Waals surface area contributed by atoms with E-state index in [1.54, 1.807) is 42.5 Å². The fourth-order valence-electron chi connectivity index (χ4n) is 1.74. The number of carbonyl (C=O) groups is 1. The minimum atomic E-state index is -0.164. The topological polar surface area (TPSA) is 61.4 Å². The molecule has 0 radical (unpaired) electrons. The molecule has 0 aliphatic heterocycles. The largest absolute Gasteiger partial charge is 0.508 e. The number of carbonyl (C=O) groups excluding carboxylic acids is 1.